The first-order valence-corrected chi connectivity index (χ1v) is 29.7. The molecule has 1 aliphatic rings. The number of unbranched alkanes of at least 4 members (excludes halogenated alkanes) is 33. The molecule has 1 heterocycles. The number of rotatable bonds is 52. The minimum atomic E-state index is -1.54. The van der Waals surface area contributed by atoms with Gasteiger partial charge >= 0.3 is 5.97 Å². The summed E-state index contributed by atoms with van der Waals surface area (Å²) in [5.41, 5.74) is 0. The summed E-state index contributed by atoms with van der Waals surface area (Å²) >= 11 is 0. The molecule has 1 rings (SSSR count). The lowest BCUT2D eigenvalue weighted by molar-refractivity contribution is -0.305. The van der Waals surface area contributed by atoms with Gasteiger partial charge < -0.3 is 39.4 Å². The van der Waals surface area contributed by atoms with E-state index < -0.39 is 43.4 Å². The summed E-state index contributed by atoms with van der Waals surface area (Å²) in [4.78, 5) is 12.9. The van der Waals surface area contributed by atoms with Crippen LogP contribution in [0.1, 0.15) is 271 Å². The maximum atomic E-state index is 12.9. The van der Waals surface area contributed by atoms with Crippen LogP contribution in [0, 0.1) is 0 Å². The summed E-state index contributed by atoms with van der Waals surface area (Å²) in [6.07, 6.45) is 60.2. The highest BCUT2D eigenvalue weighted by Gasteiger charge is 2.44. The summed E-state index contributed by atoms with van der Waals surface area (Å²) in [7, 11) is 0. The van der Waals surface area contributed by atoms with E-state index in [4.69, 9.17) is 18.9 Å². The van der Waals surface area contributed by atoms with Gasteiger partial charge in [-0.15, -0.1) is 0 Å². The number of allylic oxidation sites excluding steroid dienone is 8. The molecule has 6 unspecified atom stereocenters. The smallest absolute Gasteiger partial charge is 0.306 e. The van der Waals surface area contributed by atoms with Crippen molar-refractivity contribution >= 4 is 5.97 Å². The van der Waals surface area contributed by atoms with Crippen LogP contribution in [0.5, 0.6) is 0 Å². The summed E-state index contributed by atoms with van der Waals surface area (Å²) < 4.78 is 23.0. The lowest BCUT2D eigenvalue weighted by Crippen LogP contribution is -2.59. The Kier molecular flexibility index (Phi) is 49.2. The van der Waals surface area contributed by atoms with Crippen LogP contribution in [0.2, 0.25) is 0 Å². The number of ether oxygens (including phenoxy) is 4. The van der Waals surface area contributed by atoms with E-state index in [1.165, 1.54) is 199 Å². The highest BCUT2D eigenvalue weighted by Crippen LogP contribution is 2.23. The van der Waals surface area contributed by atoms with E-state index in [-0.39, 0.29) is 19.2 Å². The molecule has 410 valence electrons. The Morgan fingerprint density at radius 2 is 0.829 bits per heavy atom. The molecule has 0 radical (unpaired) electrons. The van der Waals surface area contributed by atoms with Gasteiger partial charge in [0, 0.05) is 13.0 Å². The average molecular weight is 990 g/mol. The first kappa shape index (κ1) is 66.2. The Labute approximate surface area is 431 Å². The van der Waals surface area contributed by atoms with E-state index in [1.807, 2.05) is 0 Å². The number of carbonyl (C=O) groups excluding carboxylic acids is 1. The van der Waals surface area contributed by atoms with Gasteiger partial charge in [0.25, 0.3) is 0 Å². The predicted molar refractivity (Wildman–Crippen MR) is 293 cm³/mol. The zero-order valence-electron chi connectivity index (χ0n) is 45.5. The van der Waals surface area contributed by atoms with Gasteiger partial charge in [-0.1, -0.05) is 236 Å². The van der Waals surface area contributed by atoms with E-state index in [2.05, 4.69) is 62.5 Å². The largest absolute Gasteiger partial charge is 0.457 e. The van der Waals surface area contributed by atoms with Crippen molar-refractivity contribution < 1.29 is 44.2 Å². The van der Waals surface area contributed by atoms with Gasteiger partial charge in [0.2, 0.25) is 0 Å². The molecular formula is C61H112O9. The van der Waals surface area contributed by atoms with Crippen LogP contribution in [0.25, 0.3) is 0 Å². The molecule has 0 aromatic heterocycles. The third-order valence-electron chi connectivity index (χ3n) is 13.7. The van der Waals surface area contributed by atoms with E-state index in [1.54, 1.807) is 0 Å². The number of aliphatic hydroxyl groups is 4. The molecule has 0 amide bonds. The van der Waals surface area contributed by atoms with Crippen molar-refractivity contribution in [2.75, 3.05) is 26.4 Å². The summed E-state index contributed by atoms with van der Waals surface area (Å²) in [5.74, 6) is -0.317. The number of aliphatic hydroxyl groups excluding tert-OH is 4. The quantitative estimate of drug-likeness (QED) is 0.0267. The summed E-state index contributed by atoms with van der Waals surface area (Å²) in [5, 5.41) is 40.4. The standard InChI is InChI=1S/C61H112O9/c1-3-5-7-9-11-13-15-17-19-21-23-25-27-29-31-33-35-37-39-41-43-45-47-49-51-67-53-55(54-68-61-60(66)59(65)58(64)56(52-62)70-61)69-57(63)50-48-46-44-42-40-38-36-34-32-30-28-26-24-22-20-18-16-14-12-10-8-6-4-2/h16,18,21-24,28,30,55-56,58-62,64-66H,3-15,17,19-20,25-27,29,31-54H2,1-2H3/b18-16-,23-21-,24-22-,30-28-. The molecule has 1 saturated heterocycles. The molecule has 0 bridgehead atoms. The lowest BCUT2D eigenvalue weighted by atomic mass is 9.99. The molecule has 9 nitrogen and oxygen atoms in total. The Morgan fingerprint density at radius 3 is 1.26 bits per heavy atom. The molecular weight excluding hydrogens is 877 g/mol. The molecule has 1 aliphatic heterocycles. The van der Waals surface area contributed by atoms with Crippen molar-refractivity contribution in [3.05, 3.63) is 48.6 Å². The van der Waals surface area contributed by atoms with Crippen molar-refractivity contribution in [1.29, 1.82) is 0 Å². The lowest BCUT2D eigenvalue weighted by Gasteiger charge is -2.39. The van der Waals surface area contributed by atoms with Gasteiger partial charge in [-0.05, 0) is 77.0 Å². The van der Waals surface area contributed by atoms with Gasteiger partial charge in [0.05, 0.1) is 19.8 Å². The number of carbonyl (C=O) groups is 1. The molecule has 0 aromatic rings. The van der Waals surface area contributed by atoms with Crippen molar-refractivity contribution in [3.63, 3.8) is 0 Å². The Bertz CT molecular complexity index is 1220. The van der Waals surface area contributed by atoms with Crippen LogP contribution < -0.4 is 0 Å². The molecule has 0 aromatic carbocycles. The molecule has 9 heteroatoms. The van der Waals surface area contributed by atoms with Gasteiger partial charge in [-0.25, -0.2) is 0 Å². The number of esters is 1. The minimum absolute atomic E-state index is 0.116. The van der Waals surface area contributed by atoms with Crippen LogP contribution in [0.3, 0.4) is 0 Å². The molecule has 70 heavy (non-hydrogen) atoms. The summed E-state index contributed by atoms with van der Waals surface area (Å²) in [6.45, 7) is 4.58. The van der Waals surface area contributed by atoms with Crippen molar-refractivity contribution in [3.8, 4) is 0 Å². The first-order chi connectivity index (χ1) is 34.4. The van der Waals surface area contributed by atoms with Crippen molar-refractivity contribution in [1.82, 2.24) is 0 Å². The molecule has 0 aliphatic carbocycles. The fraction of sp³-hybridized carbons (Fsp3) is 0.852. The van der Waals surface area contributed by atoms with Crippen LogP contribution >= 0.6 is 0 Å². The molecule has 4 N–H and O–H groups in total. The van der Waals surface area contributed by atoms with Crippen molar-refractivity contribution in [2.45, 2.75) is 307 Å². The van der Waals surface area contributed by atoms with Crippen LogP contribution in [0.15, 0.2) is 48.6 Å². The Hall–Kier alpha value is -1.85. The molecule has 0 saturated carbocycles. The monoisotopic (exact) mass is 989 g/mol. The maximum Gasteiger partial charge on any atom is 0.306 e. The highest BCUT2D eigenvalue weighted by molar-refractivity contribution is 5.69. The van der Waals surface area contributed by atoms with E-state index in [0.29, 0.717) is 13.0 Å². The minimum Gasteiger partial charge on any atom is -0.457 e. The van der Waals surface area contributed by atoms with Crippen LogP contribution in [0.4, 0.5) is 0 Å². The van der Waals surface area contributed by atoms with Crippen LogP contribution in [-0.2, 0) is 23.7 Å². The van der Waals surface area contributed by atoms with E-state index >= 15 is 0 Å². The van der Waals surface area contributed by atoms with Gasteiger partial charge in [-0.2, -0.15) is 0 Å². The maximum absolute atomic E-state index is 12.9. The zero-order valence-corrected chi connectivity index (χ0v) is 45.5. The Balaban J connectivity index is 2.15. The van der Waals surface area contributed by atoms with Gasteiger partial charge in [0.15, 0.2) is 6.29 Å². The Morgan fingerprint density at radius 1 is 0.457 bits per heavy atom. The fourth-order valence-electron chi connectivity index (χ4n) is 9.08. The topological polar surface area (TPSA) is 135 Å². The fourth-order valence-corrected chi connectivity index (χ4v) is 9.08. The third-order valence-corrected chi connectivity index (χ3v) is 13.7. The molecule has 6 atom stereocenters. The first-order valence-electron chi connectivity index (χ1n) is 29.7. The second kappa shape index (κ2) is 52.0. The highest BCUT2D eigenvalue weighted by atomic mass is 16.7. The second-order valence-electron chi connectivity index (χ2n) is 20.4. The normalized spacial score (nSPS) is 19.2. The van der Waals surface area contributed by atoms with E-state index in [0.717, 1.165) is 51.4 Å². The summed E-state index contributed by atoms with van der Waals surface area (Å²) in [6, 6.07) is 0. The predicted octanol–water partition coefficient (Wildman–Crippen LogP) is 15.6. The molecule has 1 fully saturated rings. The van der Waals surface area contributed by atoms with Gasteiger partial charge in [-0.3, -0.25) is 4.79 Å². The van der Waals surface area contributed by atoms with Crippen LogP contribution in [-0.4, -0.2) is 89.6 Å². The average Bonchev–Trinajstić information content (AvgIpc) is 3.36. The van der Waals surface area contributed by atoms with Crippen molar-refractivity contribution in [2.24, 2.45) is 0 Å². The SMILES string of the molecule is CCCCCCC/C=C\C/C=C\C/C=C\CCCCCCCCCCC(=O)OC(COCCCCCCCCCCCCCC/C=C\CCCCCCCCCC)COC1OC(CO)C(O)C(O)C1O. The van der Waals surface area contributed by atoms with E-state index in [9.17, 15) is 25.2 Å². The molecule has 0 spiro atoms. The second-order valence-corrected chi connectivity index (χ2v) is 20.4. The third kappa shape index (κ3) is 41.6. The van der Waals surface area contributed by atoms with Gasteiger partial charge in [0.1, 0.15) is 30.5 Å². The zero-order chi connectivity index (χ0) is 50.6. The number of hydrogen-bond donors (Lipinski definition) is 4. The number of hydrogen-bond acceptors (Lipinski definition) is 9.